The van der Waals surface area contributed by atoms with E-state index < -0.39 is 6.36 Å². The molecule has 1 aliphatic rings. The minimum absolute atomic E-state index is 0.0684. The molecular formula is C18H19F3N4O. The third kappa shape index (κ3) is 4.34. The zero-order chi connectivity index (χ0) is 18.7. The fraction of sp³-hybridized carbons (Fsp3) is 0.500. The predicted octanol–water partition coefficient (Wildman–Crippen LogP) is 4.60. The molecule has 0 bridgehead atoms. The molecular weight excluding hydrogens is 345 g/mol. The van der Waals surface area contributed by atoms with Crippen molar-refractivity contribution in [2.75, 3.05) is 0 Å². The molecule has 8 heteroatoms. The highest BCUT2D eigenvalue weighted by Crippen LogP contribution is 2.37. The molecule has 138 valence electrons. The number of alkyl halides is 3. The summed E-state index contributed by atoms with van der Waals surface area (Å²) in [5.74, 6) is 1.22. The minimum Gasteiger partial charge on any atom is -0.406 e. The number of nitrogens with zero attached hydrogens (tertiary/aromatic N) is 4. The summed E-state index contributed by atoms with van der Waals surface area (Å²) in [5, 5.41) is 13.5. The maximum Gasteiger partial charge on any atom is 0.573 e. The standard InChI is InChI=1S/C18H19F3N4O/c1-12(10-22)13-2-4-14(5-3-13)17-23-11-25(24-17)15-6-8-16(9-7-15)26-18(19,20)21/h6-9,11-14H,2-5H2,1H3/t12-,13?,14?/m1/s1. The Morgan fingerprint density at radius 1 is 1.19 bits per heavy atom. The molecule has 1 saturated carbocycles. The van der Waals surface area contributed by atoms with Gasteiger partial charge in [-0.15, -0.1) is 13.2 Å². The van der Waals surface area contributed by atoms with Gasteiger partial charge in [-0.25, -0.2) is 9.67 Å². The van der Waals surface area contributed by atoms with Gasteiger partial charge >= 0.3 is 6.36 Å². The molecule has 0 N–H and O–H groups in total. The lowest BCUT2D eigenvalue weighted by atomic mass is 9.76. The highest BCUT2D eigenvalue weighted by atomic mass is 19.4. The van der Waals surface area contributed by atoms with Crippen LogP contribution in [0.25, 0.3) is 5.69 Å². The number of halogens is 3. The summed E-state index contributed by atoms with van der Waals surface area (Å²) >= 11 is 0. The van der Waals surface area contributed by atoms with Crippen molar-refractivity contribution in [2.24, 2.45) is 11.8 Å². The number of hydrogen-bond acceptors (Lipinski definition) is 4. The average Bonchev–Trinajstić information content (AvgIpc) is 3.10. The topological polar surface area (TPSA) is 63.7 Å². The van der Waals surface area contributed by atoms with Crippen LogP contribution in [0.4, 0.5) is 13.2 Å². The lowest BCUT2D eigenvalue weighted by molar-refractivity contribution is -0.274. The van der Waals surface area contributed by atoms with Gasteiger partial charge in [0.15, 0.2) is 5.82 Å². The molecule has 3 rings (SSSR count). The molecule has 0 saturated heterocycles. The van der Waals surface area contributed by atoms with Crippen LogP contribution in [0.15, 0.2) is 30.6 Å². The molecule has 26 heavy (non-hydrogen) atoms. The van der Waals surface area contributed by atoms with Crippen LogP contribution in [0.5, 0.6) is 5.75 Å². The fourth-order valence-corrected chi connectivity index (χ4v) is 3.37. The Hall–Kier alpha value is -2.56. The van der Waals surface area contributed by atoms with E-state index in [0.717, 1.165) is 31.5 Å². The molecule has 0 radical (unpaired) electrons. The van der Waals surface area contributed by atoms with E-state index in [9.17, 15) is 13.2 Å². The monoisotopic (exact) mass is 364 g/mol. The molecule has 0 aliphatic heterocycles. The second kappa shape index (κ2) is 7.36. The van der Waals surface area contributed by atoms with Gasteiger partial charge in [0.25, 0.3) is 0 Å². The fourth-order valence-electron chi connectivity index (χ4n) is 3.37. The first-order valence-electron chi connectivity index (χ1n) is 8.53. The second-order valence-electron chi connectivity index (χ2n) is 6.62. The first-order chi connectivity index (χ1) is 12.4. The Morgan fingerprint density at radius 2 is 1.85 bits per heavy atom. The summed E-state index contributed by atoms with van der Waals surface area (Å²) in [5.41, 5.74) is 0.616. The van der Waals surface area contributed by atoms with Gasteiger partial charge in [0.1, 0.15) is 12.1 Å². The predicted molar refractivity (Wildman–Crippen MR) is 87.5 cm³/mol. The largest absolute Gasteiger partial charge is 0.573 e. The van der Waals surface area contributed by atoms with Crippen LogP contribution < -0.4 is 4.74 Å². The van der Waals surface area contributed by atoms with Crippen LogP contribution in [-0.2, 0) is 0 Å². The summed E-state index contributed by atoms with van der Waals surface area (Å²) in [6.07, 6.45) is 0.718. The van der Waals surface area contributed by atoms with Crippen molar-refractivity contribution in [3.05, 3.63) is 36.4 Å². The zero-order valence-electron chi connectivity index (χ0n) is 14.3. The first kappa shape index (κ1) is 18.2. The molecule has 0 spiro atoms. The van der Waals surface area contributed by atoms with Gasteiger partial charge in [-0.2, -0.15) is 10.4 Å². The number of hydrogen-bond donors (Lipinski definition) is 0. The maximum absolute atomic E-state index is 12.2. The number of benzene rings is 1. The maximum atomic E-state index is 12.2. The third-order valence-corrected chi connectivity index (χ3v) is 4.89. The Morgan fingerprint density at radius 3 is 2.42 bits per heavy atom. The molecule has 1 aromatic heterocycles. The van der Waals surface area contributed by atoms with E-state index in [1.54, 1.807) is 11.0 Å². The summed E-state index contributed by atoms with van der Waals surface area (Å²) in [6.45, 7) is 1.96. The lowest BCUT2D eigenvalue weighted by Gasteiger charge is -2.28. The van der Waals surface area contributed by atoms with Crippen molar-refractivity contribution >= 4 is 0 Å². The first-order valence-corrected chi connectivity index (χ1v) is 8.53. The summed E-state index contributed by atoms with van der Waals surface area (Å²) in [4.78, 5) is 4.36. The van der Waals surface area contributed by atoms with Gasteiger partial charge in [0.2, 0.25) is 0 Å². The van der Waals surface area contributed by atoms with Crippen LogP contribution >= 0.6 is 0 Å². The summed E-state index contributed by atoms with van der Waals surface area (Å²) in [7, 11) is 0. The van der Waals surface area contributed by atoms with Gasteiger partial charge in [-0.3, -0.25) is 0 Å². The smallest absolute Gasteiger partial charge is 0.406 e. The van der Waals surface area contributed by atoms with Crippen molar-refractivity contribution in [3.8, 4) is 17.5 Å². The van der Waals surface area contributed by atoms with E-state index in [1.807, 2.05) is 6.92 Å². The highest BCUT2D eigenvalue weighted by molar-refractivity contribution is 5.36. The second-order valence-corrected chi connectivity index (χ2v) is 6.62. The molecule has 1 aliphatic carbocycles. The van der Waals surface area contributed by atoms with Crippen molar-refractivity contribution in [3.63, 3.8) is 0 Å². The van der Waals surface area contributed by atoms with Crippen LogP contribution in [-0.4, -0.2) is 21.1 Å². The van der Waals surface area contributed by atoms with Gasteiger partial charge in [-0.05, 0) is 62.8 Å². The molecule has 0 amide bonds. The van der Waals surface area contributed by atoms with E-state index in [4.69, 9.17) is 5.26 Å². The van der Waals surface area contributed by atoms with Gasteiger partial charge in [0, 0.05) is 11.8 Å². The van der Waals surface area contributed by atoms with E-state index in [2.05, 4.69) is 20.9 Å². The zero-order valence-corrected chi connectivity index (χ0v) is 14.3. The molecule has 1 heterocycles. The average molecular weight is 364 g/mol. The SMILES string of the molecule is C[C@H](C#N)C1CCC(c2ncn(-c3ccc(OC(F)(F)F)cc3)n2)CC1. The van der Waals surface area contributed by atoms with E-state index >= 15 is 0 Å². The molecule has 1 aromatic carbocycles. The molecule has 2 aromatic rings. The van der Waals surface area contributed by atoms with Gasteiger partial charge < -0.3 is 4.74 Å². The number of ether oxygens (including phenoxy) is 1. The quantitative estimate of drug-likeness (QED) is 0.795. The van der Waals surface area contributed by atoms with Gasteiger partial charge in [0.05, 0.1) is 11.8 Å². The van der Waals surface area contributed by atoms with Crippen LogP contribution in [0.2, 0.25) is 0 Å². The Balaban J connectivity index is 1.64. The Labute approximate surface area is 149 Å². The Kier molecular flexibility index (Phi) is 5.16. The van der Waals surface area contributed by atoms with E-state index in [1.165, 1.54) is 24.3 Å². The highest BCUT2D eigenvalue weighted by Gasteiger charge is 2.31. The van der Waals surface area contributed by atoms with Crippen molar-refractivity contribution in [1.82, 2.24) is 14.8 Å². The van der Waals surface area contributed by atoms with E-state index in [-0.39, 0.29) is 17.6 Å². The number of nitriles is 1. The van der Waals surface area contributed by atoms with Crippen LogP contribution in [0.3, 0.4) is 0 Å². The van der Waals surface area contributed by atoms with Crippen LogP contribution in [0, 0.1) is 23.2 Å². The van der Waals surface area contributed by atoms with Crippen molar-refractivity contribution < 1.29 is 17.9 Å². The van der Waals surface area contributed by atoms with Crippen molar-refractivity contribution in [1.29, 1.82) is 5.26 Å². The normalized spacial score (nSPS) is 21.8. The molecule has 1 fully saturated rings. The molecule has 1 atom stereocenters. The van der Waals surface area contributed by atoms with E-state index in [0.29, 0.717) is 11.6 Å². The molecule has 5 nitrogen and oxygen atoms in total. The molecule has 0 unspecified atom stereocenters. The third-order valence-electron chi connectivity index (χ3n) is 4.89. The summed E-state index contributed by atoms with van der Waals surface area (Å²) in [6, 6.07) is 7.82. The summed E-state index contributed by atoms with van der Waals surface area (Å²) < 4.78 is 42.0. The van der Waals surface area contributed by atoms with Gasteiger partial charge in [-0.1, -0.05) is 0 Å². The minimum atomic E-state index is -4.70. The number of aromatic nitrogens is 3. The van der Waals surface area contributed by atoms with Crippen molar-refractivity contribution in [2.45, 2.75) is 44.9 Å². The Bertz CT molecular complexity index is 771. The lowest BCUT2D eigenvalue weighted by Crippen LogP contribution is -2.19. The number of rotatable bonds is 4. The van der Waals surface area contributed by atoms with Crippen LogP contribution in [0.1, 0.15) is 44.3 Å².